The Morgan fingerprint density at radius 3 is 2.27 bits per heavy atom. The summed E-state index contributed by atoms with van der Waals surface area (Å²) in [4.78, 5) is 21.5. The first kappa shape index (κ1) is 24.6. The lowest BCUT2D eigenvalue weighted by molar-refractivity contribution is 0.0728. The predicted octanol–water partition coefficient (Wildman–Crippen LogP) is 7.36. The van der Waals surface area contributed by atoms with Crippen molar-refractivity contribution in [2.75, 3.05) is 0 Å². The van der Waals surface area contributed by atoms with E-state index in [0.29, 0.717) is 5.56 Å². The topological polar surface area (TPSA) is 52.1 Å². The van der Waals surface area contributed by atoms with Crippen molar-refractivity contribution >= 4 is 5.97 Å². The summed E-state index contributed by atoms with van der Waals surface area (Å²) in [5, 5.41) is 0. The van der Waals surface area contributed by atoms with Crippen molar-refractivity contribution in [2.45, 2.75) is 71.6 Å². The van der Waals surface area contributed by atoms with Gasteiger partial charge in [0.05, 0.1) is 23.1 Å². The first-order chi connectivity index (χ1) is 16.1. The molecule has 1 heterocycles. The van der Waals surface area contributed by atoms with E-state index in [1.54, 1.807) is 36.5 Å². The highest BCUT2D eigenvalue weighted by Gasteiger charge is 2.13. The number of hydrogen-bond donors (Lipinski definition) is 0. The van der Waals surface area contributed by atoms with Gasteiger partial charge in [0.1, 0.15) is 0 Å². The fourth-order valence-electron chi connectivity index (χ4n) is 3.73. The first-order valence-electron chi connectivity index (χ1n) is 12.0. The molecule has 0 unspecified atom stereocenters. The van der Waals surface area contributed by atoms with Crippen LogP contribution in [0.5, 0.6) is 5.75 Å². The largest absolute Gasteiger partial charge is 0.420 e. The molecule has 0 aliphatic carbocycles. The van der Waals surface area contributed by atoms with Gasteiger partial charge in [0.15, 0.2) is 11.6 Å². The van der Waals surface area contributed by atoms with Gasteiger partial charge in [0.25, 0.3) is 0 Å². The Balaban J connectivity index is 1.54. The molecule has 33 heavy (non-hydrogen) atoms. The van der Waals surface area contributed by atoms with Crippen molar-refractivity contribution in [3.63, 3.8) is 0 Å². The second-order valence-corrected chi connectivity index (χ2v) is 8.39. The Kier molecular flexibility index (Phi) is 9.55. The van der Waals surface area contributed by atoms with E-state index in [-0.39, 0.29) is 5.75 Å². The number of hydrogen-bond acceptors (Lipinski definition) is 4. The maximum Gasteiger partial charge on any atom is 0.343 e. The van der Waals surface area contributed by atoms with Gasteiger partial charge in [-0.3, -0.25) is 9.97 Å². The van der Waals surface area contributed by atoms with Gasteiger partial charge in [0, 0.05) is 11.8 Å². The summed E-state index contributed by atoms with van der Waals surface area (Å²) in [6, 6.07) is 11.6. The molecule has 174 valence electrons. The standard InChI is InChI=1S/C28H33FN2O2/c1-3-5-6-7-8-9-11-24-19-31-26(20-30-24)22-13-15-23(16-14-22)28(32)33-27-17-12-21(10-4-2)18-25(27)29/h12-20H,3-11H2,1-2H3. The fourth-order valence-corrected chi connectivity index (χ4v) is 3.73. The van der Waals surface area contributed by atoms with E-state index in [9.17, 15) is 9.18 Å². The van der Waals surface area contributed by atoms with Crippen molar-refractivity contribution in [1.82, 2.24) is 9.97 Å². The molecule has 2 aromatic carbocycles. The third kappa shape index (κ3) is 7.48. The van der Waals surface area contributed by atoms with Gasteiger partial charge in [-0.05, 0) is 49.1 Å². The van der Waals surface area contributed by atoms with Crippen LogP contribution in [-0.2, 0) is 12.8 Å². The minimum atomic E-state index is -0.593. The van der Waals surface area contributed by atoms with Crippen LogP contribution < -0.4 is 4.74 Å². The van der Waals surface area contributed by atoms with Crippen LogP contribution in [0.3, 0.4) is 0 Å². The molecule has 3 rings (SSSR count). The van der Waals surface area contributed by atoms with E-state index >= 15 is 0 Å². The minimum absolute atomic E-state index is 0.0595. The van der Waals surface area contributed by atoms with Crippen LogP contribution in [0.25, 0.3) is 11.3 Å². The number of halogens is 1. The molecule has 0 aliphatic rings. The Bertz CT molecular complexity index is 1020. The number of aromatic nitrogens is 2. The maximum atomic E-state index is 14.2. The molecule has 0 atom stereocenters. The van der Waals surface area contributed by atoms with E-state index in [2.05, 4.69) is 16.9 Å². The number of benzene rings is 2. The highest BCUT2D eigenvalue weighted by Crippen LogP contribution is 2.22. The van der Waals surface area contributed by atoms with Crippen LogP contribution in [0.4, 0.5) is 4.39 Å². The molecule has 0 aliphatic heterocycles. The van der Waals surface area contributed by atoms with Crippen molar-refractivity contribution in [2.24, 2.45) is 0 Å². The van der Waals surface area contributed by atoms with E-state index < -0.39 is 11.8 Å². The first-order valence-corrected chi connectivity index (χ1v) is 12.0. The lowest BCUT2D eigenvalue weighted by atomic mass is 10.1. The number of nitrogens with zero attached hydrogens (tertiary/aromatic N) is 2. The number of rotatable bonds is 12. The quantitative estimate of drug-likeness (QED) is 0.165. The van der Waals surface area contributed by atoms with Gasteiger partial charge in [0.2, 0.25) is 0 Å². The Hall–Kier alpha value is -3.08. The zero-order valence-corrected chi connectivity index (χ0v) is 19.6. The third-order valence-electron chi connectivity index (χ3n) is 5.65. The van der Waals surface area contributed by atoms with Gasteiger partial charge < -0.3 is 4.74 Å². The van der Waals surface area contributed by atoms with Crippen molar-refractivity contribution in [1.29, 1.82) is 0 Å². The number of carbonyl (C=O) groups excluding carboxylic acids is 1. The van der Waals surface area contributed by atoms with Gasteiger partial charge in [-0.2, -0.15) is 0 Å². The molecule has 0 bridgehead atoms. The summed E-state index contributed by atoms with van der Waals surface area (Å²) in [6.45, 7) is 4.26. The second kappa shape index (κ2) is 12.8. The van der Waals surface area contributed by atoms with Crippen LogP contribution in [0.15, 0.2) is 54.9 Å². The summed E-state index contributed by atoms with van der Waals surface area (Å²) >= 11 is 0. The van der Waals surface area contributed by atoms with Crippen LogP contribution in [0.2, 0.25) is 0 Å². The van der Waals surface area contributed by atoms with Crippen LogP contribution in [0, 0.1) is 5.82 Å². The summed E-state index contributed by atoms with van der Waals surface area (Å²) < 4.78 is 19.5. The summed E-state index contributed by atoms with van der Waals surface area (Å²) in [5.74, 6) is -1.18. The summed E-state index contributed by atoms with van der Waals surface area (Å²) in [5.41, 5.74) is 3.85. The third-order valence-corrected chi connectivity index (χ3v) is 5.65. The Labute approximate surface area is 196 Å². The average Bonchev–Trinajstić information content (AvgIpc) is 2.84. The Morgan fingerprint density at radius 1 is 0.848 bits per heavy atom. The van der Waals surface area contributed by atoms with Gasteiger partial charge in [-0.1, -0.05) is 70.6 Å². The van der Waals surface area contributed by atoms with E-state index in [0.717, 1.165) is 48.2 Å². The highest BCUT2D eigenvalue weighted by molar-refractivity contribution is 5.91. The zero-order chi connectivity index (χ0) is 23.5. The number of aryl methyl sites for hydroxylation is 2. The fraction of sp³-hybridized carbons (Fsp3) is 0.393. The summed E-state index contributed by atoms with van der Waals surface area (Å²) in [7, 11) is 0. The molecular formula is C28H33FN2O2. The van der Waals surface area contributed by atoms with Crippen molar-refractivity contribution < 1.29 is 13.9 Å². The molecule has 5 heteroatoms. The lowest BCUT2D eigenvalue weighted by Crippen LogP contribution is -2.09. The molecule has 4 nitrogen and oxygen atoms in total. The number of unbranched alkanes of at least 4 members (excludes halogenated alkanes) is 5. The Morgan fingerprint density at radius 2 is 1.61 bits per heavy atom. The number of ether oxygens (including phenoxy) is 1. The molecule has 0 N–H and O–H groups in total. The average molecular weight is 449 g/mol. The SMILES string of the molecule is CCCCCCCCc1cnc(-c2ccc(C(=O)Oc3ccc(CCC)cc3F)cc2)cn1. The van der Waals surface area contributed by atoms with Gasteiger partial charge in [-0.25, -0.2) is 9.18 Å². The zero-order valence-electron chi connectivity index (χ0n) is 19.6. The molecule has 3 aromatic rings. The van der Waals surface area contributed by atoms with Gasteiger partial charge >= 0.3 is 5.97 Å². The van der Waals surface area contributed by atoms with E-state index in [1.807, 2.05) is 13.1 Å². The molecule has 0 saturated carbocycles. The smallest absolute Gasteiger partial charge is 0.343 e. The van der Waals surface area contributed by atoms with E-state index in [1.165, 1.54) is 44.2 Å². The number of carbonyl (C=O) groups is 1. The number of esters is 1. The molecular weight excluding hydrogens is 415 g/mol. The van der Waals surface area contributed by atoms with Crippen LogP contribution in [-0.4, -0.2) is 15.9 Å². The summed E-state index contributed by atoms with van der Waals surface area (Å²) in [6.07, 6.45) is 13.8. The normalized spacial score (nSPS) is 10.9. The van der Waals surface area contributed by atoms with Crippen LogP contribution in [0.1, 0.15) is 80.4 Å². The molecule has 0 amide bonds. The monoisotopic (exact) mass is 448 g/mol. The van der Waals surface area contributed by atoms with Crippen LogP contribution >= 0.6 is 0 Å². The lowest BCUT2D eigenvalue weighted by Gasteiger charge is -2.08. The van der Waals surface area contributed by atoms with E-state index in [4.69, 9.17) is 4.74 Å². The molecule has 0 saturated heterocycles. The van der Waals surface area contributed by atoms with Gasteiger partial charge in [-0.15, -0.1) is 0 Å². The molecule has 0 spiro atoms. The molecule has 0 radical (unpaired) electrons. The minimum Gasteiger partial charge on any atom is -0.420 e. The van der Waals surface area contributed by atoms with Crippen molar-refractivity contribution in [3.8, 4) is 17.0 Å². The predicted molar refractivity (Wildman–Crippen MR) is 130 cm³/mol. The van der Waals surface area contributed by atoms with Crippen molar-refractivity contribution in [3.05, 3.63) is 77.5 Å². The molecule has 1 aromatic heterocycles. The highest BCUT2D eigenvalue weighted by atomic mass is 19.1. The second-order valence-electron chi connectivity index (χ2n) is 8.39. The maximum absolute atomic E-state index is 14.2. The molecule has 0 fully saturated rings.